The van der Waals surface area contributed by atoms with Gasteiger partial charge in [-0.25, -0.2) is 9.34 Å². The number of para-hydroxylation sites is 1. The monoisotopic (exact) mass is 410 g/mol. The van der Waals surface area contributed by atoms with Crippen LogP contribution in [0.5, 0.6) is 5.75 Å². The Balaban J connectivity index is 3.31. The first-order chi connectivity index (χ1) is 13.0. The van der Waals surface area contributed by atoms with Gasteiger partial charge in [-0.3, -0.25) is 4.79 Å². The predicted molar refractivity (Wildman–Crippen MR) is 118 cm³/mol. The first kappa shape index (κ1) is 25.0. The second-order valence-electron chi connectivity index (χ2n) is 8.27. The zero-order valence-electron chi connectivity index (χ0n) is 19.3. The number of ether oxygens (including phenoxy) is 1. The molecular weight excluding hydrogens is 371 g/mol. The Labute approximate surface area is 173 Å². The molecule has 0 aliphatic heterocycles. The van der Waals surface area contributed by atoms with Gasteiger partial charge in [-0.2, -0.15) is 0 Å². The molecule has 0 saturated carbocycles. The van der Waals surface area contributed by atoms with Gasteiger partial charge in [0.25, 0.3) is 0 Å². The second-order valence-corrected chi connectivity index (χ2v) is 9.91. The summed E-state index contributed by atoms with van der Waals surface area (Å²) in [6.45, 7) is 21.2. The number of hydrogen-bond donors (Lipinski definition) is 0. The van der Waals surface area contributed by atoms with E-state index in [2.05, 4.69) is 64.7 Å². The lowest BCUT2D eigenvalue weighted by Gasteiger charge is -2.46. The lowest BCUT2D eigenvalue weighted by atomic mass is 10.1. The molecule has 0 aromatic heterocycles. The maximum absolute atomic E-state index is 11.5. The molecule has 160 valence electrons. The fourth-order valence-corrected chi connectivity index (χ4v) is 5.91. The van der Waals surface area contributed by atoms with E-state index in [4.69, 9.17) is 9.26 Å². The average molecular weight is 411 g/mol. The van der Waals surface area contributed by atoms with E-state index in [1.54, 1.807) is 0 Å². The molecule has 0 fully saturated rings. The van der Waals surface area contributed by atoms with Gasteiger partial charge in [0.2, 0.25) is 0 Å². The molecule has 28 heavy (non-hydrogen) atoms. The molecule has 0 bridgehead atoms. The number of nitrogens with zero attached hydrogens (tertiary/aromatic N) is 2. The van der Waals surface area contributed by atoms with Crippen LogP contribution < -0.4 is 4.74 Å². The second kappa shape index (κ2) is 11.3. The maximum Gasteiger partial charge on any atom is 0.308 e. The van der Waals surface area contributed by atoms with Crippen LogP contribution in [0.15, 0.2) is 24.3 Å². The highest BCUT2D eigenvalue weighted by atomic mass is 31.2. The van der Waals surface area contributed by atoms with Crippen molar-refractivity contribution >= 4 is 14.4 Å². The molecule has 0 heterocycles. The minimum Gasteiger partial charge on any atom is -0.426 e. The minimum atomic E-state index is -1.01. The smallest absolute Gasteiger partial charge is 0.308 e. The SMILES string of the molecule is CC(=O)Oc1ccccc1C(C)OP(N(C(C)C)C(C)C)N(C(C)C)C(C)C. The molecule has 1 atom stereocenters. The first-order valence-corrected chi connectivity index (χ1v) is 11.4. The number of carbonyl (C=O) groups is 1. The molecule has 1 aromatic carbocycles. The average Bonchev–Trinajstić information content (AvgIpc) is 2.53. The molecule has 0 radical (unpaired) electrons. The van der Waals surface area contributed by atoms with Crippen molar-refractivity contribution in [3.05, 3.63) is 29.8 Å². The summed E-state index contributed by atoms with van der Waals surface area (Å²) in [6.07, 6.45) is -0.207. The maximum atomic E-state index is 11.5. The highest BCUT2D eigenvalue weighted by Gasteiger charge is 2.36. The van der Waals surface area contributed by atoms with E-state index in [1.165, 1.54) is 6.92 Å². The fraction of sp³-hybridized carbons (Fsp3) is 0.682. The number of benzene rings is 1. The molecule has 0 aliphatic rings. The number of esters is 1. The predicted octanol–water partition coefficient (Wildman–Crippen LogP) is 6.15. The van der Waals surface area contributed by atoms with Crippen LogP contribution in [0.1, 0.15) is 80.9 Å². The van der Waals surface area contributed by atoms with E-state index >= 15 is 0 Å². The fourth-order valence-electron chi connectivity index (χ4n) is 3.47. The third-order valence-corrected chi connectivity index (χ3v) is 7.52. The van der Waals surface area contributed by atoms with Crippen molar-refractivity contribution in [3.63, 3.8) is 0 Å². The van der Waals surface area contributed by atoms with Gasteiger partial charge in [0, 0.05) is 36.7 Å². The lowest BCUT2D eigenvalue weighted by molar-refractivity contribution is -0.131. The van der Waals surface area contributed by atoms with Gasteiger partial charge in [0.15, 0.2) is 8.45 Å². The Bertz CT molecular complexity index is 584. The van der Waals surface area contributed by atoms with Crippen LogP contribution in [-0.2, 0) is 9.32 Å². The molecule has 0 spiro atoms. The summed E-state index contributed by atoms with van der Waals surface area (Å²) in [5.41, 5.74) is 0.894. The van der Waals surface area contributed by atoms with Crippen LogP contribution in [0.3, 0.4) is 0 Å². The van der Waals surface area contributed by atoms with Gasteiger partial charge in [0.1, 0.15) is 5.75 Å². The van der Waals surface area contributed by atoms with Crippen LogP contribution in [0.25, 0.3) is 0 Å². The summed E-state index contributed by atoms with van der Waals surface area (Å²) in [7, 11) is -1.01. The minimum absolute atomic E-state index is 0.207. The Morgan fingerprint density at radius 2 is 1.25 bits per heavy atom. The standard InChI is InChI=1S/C22H39N2O3P/c1-15(2)23(16(3)4)28(24(17(5)6)18(7)8)27-19(9)21-13-11-12-14-22(21)26-20(10)25/h11-19H,1-10H3. The van der Waals surface area contributed by atoms with Crippen LogP contribution in [-0.4, -0.2) is 39.5 Å². The van der Waals surface area contributed by atoms with Crippen molar-refractivity contribution in [1.29, 1.82) is 0 Å². The normalized spacial score (nSPS) is 13.6. The summed E-state index contributed by atoms with van der Waals surface area (Å²) in [6, 6.07) is 9.02. The van der Waals surface area contributed by atoms with Crippen molar-refractivity contribution in [3.8, 4) is 5.75 Å². The van der Waals surface area contributed by atoms with E-state index in [0.29, 0.717) is 29.9 Å². The molecule has 1 aromatic rings. The van der Waals surface area contributed by atoms with Crippen LogP contribution >= 0.6 is 8.45 Å². The Morgan fingerprint density at radius 3 is 1.64 bits per heavy atom. The molecule has 1 rings (SSSR count). The van der Waals surface area contributed by atoms with E-state index in [-0.39, 0.29) is 12.1 Å². The lowest BCUT2D eigenvalue weighted by Crippen LogP contribution is -2.43. The van der Waals surface area contributed by atoms with Gasteiger partial charge in [-0.1, -0.05) is 18.2 Å². The molecule has 0 amide bonds. The van der Waals surface area contributed by atoms with Crippen LogP contribution in [0, 0.1) is 0 Å². The van der Waals surface area contributed by atoms with Gasteiger partial charge in [0.05, 0.1) is 6.10 Å². The third-order valence-electron chi connectivity index (χ3n) is 4.37. The third kappa shape index (κ3) is 6.81. The van der Waals surface area contributed by atoms with Crippen molar-refractivity contribution in [2.24, 2.45) is 0 Å². The van der Waals surface area contributed by atoms with Crippen molar-refractivity contribution in [2.75, 3.05) is 0 Å². The van der Waals surface area contributed by atoms with Crippen LogP contribution in [0.2, 0.25) is 0 Å². The van der Waals surface area contributed by atoms with Gasteiger partial charge < -0.3 is 9.26 Å². The Morgan fingerprint density at radius 1 is 0.821 bits per heavy atom. The van der Waals surface area contributed by atoms with Crippen molar-refractivity contribution in [1.82, 2.24) is 9.34 Å². The summed E-state index contributed by atoms with van der Waals surface area (Å²) in [5, 5.41) is 0. The zero-order valence-corrected chi connectivity index (χ0v) is 20.2. The van der Waals surface area contributed by atoms with Crippen molar-refractivity contribution in [2.45, 2.75) is 99.5 Å². The summed E-state index contributed by atoms with van der Waals surface area (Å²) in [4.78, 5) is 11.5. The van der Waals surface area contributed by atoms with Gasteiger partial charge >= 0.3 is 5.97 Å². The molecule has 0 aliphatic carbocycles. The van der Waals surface area contributed by atoms with E-state index in [9.17, 15) is 4.79 Å². The van der Waals surface area contributed by atoms with E-state index in [0.717, 1.165) is 5.56 Å². The highest BCUT2D eigenvalue weighted by Crippen LogP contribution is 2.54. The molecule has 5 nitrogen and oxygen atoms in total. The van der Waals surface area contributed by atoms with Crippen molar-refractivity contribution < 1.29 is 14.1 Å². The first-order valence-electron chi connectivity index (χ1n) is 10.3. The van der Waals surface area contributed by atoms with Gasteiger partial charge in [-0.15, -0.1) is 0 Å². The zero-order chi connectivity index (χ0) is 21.6. The molecule has 0 N–H and O–H groups in total. The van der Waals surface area contributed by atoms with Crippen LogP contribution in [0.4, 0.5) is 0 Å². The topological polar surface area (TPSA) is 42.0 Å². The summed E-state index contributed by atoms with van der Waals surface area (Å²) < 4.78 is 17.1. The number of hydrogen-bond acceptors (Lipinski definition) is 5. The quantitative estimate of drug-likeness (QED) is 0.263. The van der Waals surface area contributed by atoms with Gasteiger partial charge in [-0.05, 0) is 68.4 Å². The Kier molecular flexibility index (Phi) is 10.1. The number of carbonyl (C=O) groups excluding carboxylic acids is 1. The Hall–Kier alpha value is -1.00. The molecular formula is C22H39N2O3P. The van der Waals surface area contributed by atoms with E-state index in [1.807, 2.05) is 31.2 Å². The summed E-state index contributed by atoms with van der Waals surface area (Å²) >= 11 is 0. The van der Waals surface area contributed by atoms with E-state index < -0.39 is 8.45 Å². The summed E-state index contributed by atoms with van der Waals surface area (Å²) in [5.74, 6) is 0.248. The molecule has 1 unspecified atom stereocenters. The highest BCUT2D eigenvalue weighted by molar-refractivity contribution is 7.47. The molecule has 6 heteroatoms. The number of rotatable bonds is 10. The molecule has 0 saturated heterocycles. The largest absolute Gasteiger partial charge is 0.426 e.